The molecule has 0 aromatic heterocycles. The van der Waals surface area contributed by atoms with Gasteiger partial charge in [-0.2, -0.15) is 0 Å². The summed E-state index contributed by atoms with van der Waals surface area (Å²) in [5.41, 5.74) is 0.387. The van der Waals surface area contributed by atoms with Gasteiger partial charge in [0, 0.05) is 0 Å². The molecule has 0 saturated carbocycles. The van der Waals surface area contributed by atoms with Crippen molar-refractivity contribution in [1.82, 2.24) is 10.6 Å². The molecule has 0 saturated heterocycles. The quantitative estimate of drug-likeness (QED) is 0.748. The van der Waals surface area contributed by atoms with Crippen LogP contribution in [-0.4, -0.2) is 23.1 Å². The molecule has 110 valence electrons. The van der Waals surface area contributed by atoms with Crippen molar-refractivity contribution in [3.8, 4) is 0 Å². The SMILES string of the molecule is CCCC(NC(=O)NC(C)(C)c1ccccc1)C(=O)O. The first kappa shape index (κ1) is 16.0. The Balaban J connectivity index is 2.67. The van der Waals surface area contributed by atoms with E-state index in [0.717, 1.165) is 5.56 Å². The van der Waals surface area contributed by atoms with Gasteiger partial charge in [0.1, 0.15) is 6.04 Å². The normalized spacial score (nSPS) is 12.6. The second kappa shape index (κ2) is 6.93. The van der Waals surface area contributed by atoms with Crippen LogP contribution < -0.4 is 10.6 Å². The number of carboxylic acids is 1. The third-order valence-electron chi connectivity index (χ3n) is 3.10. The number of hydrogen-bond donors (Lipinski definition) is 3. The molecular weight excluding hydrogens is 256 g/mol. The van der Waals surface area contributed by atoms with Crippen molar-refractivity contribution in [3.63, 3.8) is 0 Å². The Hall–Kier alpha value is -2.04. The molecule has 2 amide bonds. The highest BCUT2D eigenvalue weighted by Crippen LogP contribution is 2.19. The zero-order valence-corrected chi connectivity index (χ0v) is 12.1. The largest absolute Gasteiger partial charge is 0.480 e. The minimum absolute atomic E-state index is 0.411. The summed E-state index contributed by atoms with van der Waals surface area (Å²) in [5.74, 6) is -1.01. The zero-order valence-electron chi connectivity index (χ0n) is 12.1. The van der Waals surface area contributed by atoms with E-state index in [1.54, 1.807) is 0 Å². The van der Waals surface area contributed by atoms with Crippen LogP contribution in [-0.2, 0) is 10.3 Å². The molecule has 1 aromatic carbocycles. The van der Waals surface area contributed by atoms with E-state index in [2.05, 4.69) is 10.6 Å². The Morgan fingerprint density at radius 3 is 2.35 bits per heavy atom. The van der Waals surface area contributed by atoms with Gasteiger partial charge in [-0.3, -0.25) is 0 Å². The summed E-state index contributed by atoms with van der Waals surface area (Å²) >= 11 is 0. The molecule has 3 N–H and O–H groups in total. The Morgan fingerprint density at radius 2 is 1.85 bits per heavy atom. The molecule has 5 nitrogen and oxygen atoms in total. The van der Waals surface area contributed by atoms with Crippen LogP contribution in [0, 0.1) is 0 Å². The Labute approximate surface area is 119 Å². The fraction of sp³-hybridized carbons (Fsp3) is 0.467. The van der Waals surface area contributed by atoms with Gasteiger partial charge in [0.05, 0.1) is 5.54 Å². The number of carbonyl (C=O) groups excluding carboxylic acids is 1. The van der Waals surface area contributed by atoms with E-state index < -0.39 is 23.6 Å². The smallest absolute Gasteiger partial charge is 0.326 e. The van der Waals surface area contributed by atoms with Crippen molar-refractivity contribution in [2.45, 2.75) is 45.2 Å². The second-order valence-electron chi connectivity index (χ2n) is 5.27. The highest BCUT2D eigenvalue weighted by Gasteiger charge is 2.25. The predicted molar refractivity (Wildman–Crippen MR) is 77.5 cm³/mol. The molecule has 20 heavy (non-hydrogen) atoms. The van der Waals surface area contributed by atoms with Gasteiger partial charge in [-0.25, -0.2) is 9.59 Å². The highest BCUT2D eigenvalue weighted by molar-refractivity contribution is 5.82. The van der Waals surface area contributed by atoms with E-state index in [1.165, 1.54) is 0 Å². The fourth-order valence-electron chi connectivity index (χ4n) is 1.95. The molecule has 0 aliphatic heterocycles. The van der Waals surface area contributed by atoms with Crippen molar-refractivity contribution < 1.29 is 14.7 Å². The summed E-state index contributed by atoms with van der Waals surface area (Å²) < 4.78 is 0. The minimum Gasteiger partial charge on any atom is -0.480 e. The number of benzene rings is 1. The number of hydrogen-bond acceptors (Lipinski definition) is 2. The molecule has 0 bridgehead atoms. The Kier molecular flexibility index (Phi) is 5.55. The van der Waals surface area contributed by atoms with E-state index in [1.807, 2.05) is 51.1 Å². The molecule has 1 rings (SSSR count). The zero-order chi connectivity index (χ0) is 15.2. The number of amides is 2. The lowest BCUT2D eigenvalue weighted by Crippen LogP contribution is -2.51. The van der Waals surface area contributed by atoms with E-state index in [-0.39, 0.29) is 0 Å². The first-order valence-corrected chi connectivity index (χ1v) is 6.74. The van der Waals surface area contributed by atoms with Crippen molar-refractivity contribution in [3.05, 3.63) is 35.9 Å². The highest BCUT2D eigenvalue weighted by atomic mass is 16.4. The van der Waals surface area contributed by atoms with E-state index in [4.69, 9.17) is 5.11 Å². The lowest BCUT2D eigenvalue weighted by atomic mass is 9.94. The van der Waals surface area contributed by atoms with Crippen LogP contribution in [0.15, 0.2) is 30.3 Å². The number of carboxylic acid groups (broad SMARTS) is 1. The summed E-state index contributed by atoms with van der Waals surface area (Å²) in [5, 5.41) is 14.3. The topological polar surface area (TPSA) is 78.4 Å². The van der Waals surface area contributed by atoms with Gasteiger partial charge < -0.3 is 15.7 Å². The first-order valence-electron chi connectivity index (χ1n) is 6.74. The molecule has 0 radical (unpaired) electrons. The van der Waals surface area contributed by atoms with Crippen LogP contribution >= 0.6 is 0 Å². The average Bonchev–Trinajstić information content (AvgIpc) is 2.38. The molecule has 0 spiro atoms. The van der Waals surface area contributed by atoms with Gasteiger partial charge in [-0.1, -0.05) is 43.7 Å². The van der Waals surface area contributed by atoms with E-state index in [0.29, 0.717) is 12.8 Å². The summed E-state index contributed by atoms with van der Waals surface area (Å²) in [6, 6.07) is 8.21. The van der Waals surface area contributed by atoms with Gasteiger partial charge in [0.2, 0.25) is 0 Å². The predicted octanol–water partition coefficient (Wildman–Crippen LogP) is 2.47. The van der Waals surface area contributed by atoms with Crippen molar-refractivity contribution >= 4 is 12.0 Å². The van der Waals surface area contributed by atoms with Gasteiger partial charge in [-0.05, 0) is 25.8 Å². The molecular formula is C15H22N2O3. The number of carbonyl (C=O) groups is 2. The summed E-state index contributed by atoms with van der Waals surface area (Å²) in [6.45, 7) is 5.62. The maximum atomic E-state index is 11.9. The molecule has 0 fully saturated rings. The van der Waals surface area contributed by atoms with Gasteiger partial charge in [0.15, 0.2) is 0 Å². The maximum Gasteiger partial charge on any atom is 0.326 e. The van der Waals surface area contributed by atoms with E-state index >= 15 is 0 Å². The van der Waals surface area contributed by atoms with Crippen LogP contribution in [0.4, 0.5) is 4.79 Å². The summed E-state index contributed by atoms with van der Waals surface area (Å²) in [6.07, 6.45) is 1.11. The maximum absolute atomic E-state index is 11.9. The van der Waals surface area contributed by atoms with Crippen LogP contribution in [0.25, 0.3) is 0 Å². The molecule has 5 heteroatoms. The van der Waals surface area contributed by atoms with Crippen molar-refractivity contribution in [2.75, 3.05) is 0 Å². The molecule has 0 aliphatic rings. The van der Waals surface area contributed by atoms with Crippen molar-refractivity contribution in [1.29, 1.82) is 0 Å². The van der Waals surface area contributed by atoms with Crippen LogP contribution in [0.5, 0.6) is 0 Å². The standard InChI is InChI=1S/C15H22N2O3/c1-4-8-12(13(18)19)16-14(20)17-15(2,3)11-9-6-5-7-10-11/h5-7,9-10,12H,4,8H2,1-3H3,(H,18,19)(H2,16,17,20). The number of urea groups is 1. The monoisotopic (exact) mass is 278 g/mol. The average molecular weight is 278 g/mol. The van der Waals surface area contributed by atoms with Crippen LogP contribution in [0.1, 0.15) is 39.2 Å². The lowest BCUT2D eigenvalue weighted by Gasteiger charge is -2.28. The molecule has 1 unspecified atom stereocenters. The third kappa shape index (κ3) is 4.57. The summed E-state index contributed by atoms with van der Waals surface area (Å²) in [7, 11) is 0. The number of rotatable bonds is 6. The summed E-state index contributed by atoms with van der Waals surface area (Å²) in [4.78, 5) is 23.0. The minimum atomic E-state index is -1.01. The third-order valence-corrected chi connectivity index (χ3v) is 3.10. The second-order valence-corrected chi connectivity index (χ2v) is 5.27. The van der Waals surface area contributed by atoms with Gasteiger partial charge in [-0.15, -0.1) is 0 Å². The molecule has 1 atom stereocenters. The van der Waals surface area contributed by atoms with Crippen LogP contribution in [0.3, 0.4) is 0 Å². The molecule has 0 aliphatic carbocycles. The number of nitrogens with one attached hydrogen (secondary N) is 2. The Morgan fingerprint density at radius 1 is 1.25 bits per heavy atom. The van der Waals surface area contributed by atoms with Crippen molar-refractivity contribution in [2.24, 2.45) is 0 Å². The molecule has 0 heterocycles. The van der Waals surface area contributed by atoms with E-state index in [9.17, 15) is 9.59 Å². The van der Waals surface area contributed by atoms with Gasteiger partial charge in [0.25, 0.3) is 0 Å². The van der Waals surface area contributed by atoms with Gasteiger partial charge >= 0.3 is 12.0 Å². The number of aliphatic carboxylic acids is 1. The Bertz CT molecular complexity index is 457. The first-order chi connectivity index (χ1) is 9.36. The lowest BCUT2D eigenvalue weighted by molar-refractivity contribution is -0.139. The fourth-order valence-corrected chi connectivity index (χ4v) is 1.95. The molecule has 1 aromatic rings. The van der Waals surface area contributed by atoms with Crippen LogP contribution in [0.2, 0.25) is 0 Å².